The van der Waals surface area contributed by atoms with Gasteiger partial charge in [-0.15, -0.1) is 11.3 Å². The van der Waals surface area contributed by atoms with Crippen molar-refractivity contribution < 1.29 is 18.8 Å². The van der Waals surface area contributed by atoms with Crippen molar-refractivity contribution in [1.82, 2.24) is 20.0 Å². The smallest absolute Gasteiger partial charge is 0.273 e. The third kappa shape index (κ3) is 2.75. The number of likely N-dealkylation sites (tertiary alicyclic amines) is 1. The largest absolute Gasteiger partial charge is 0.462 e. The van der Waals surface area contributed by atoms with Crippen LogP contribution >= 0.6 is 11.3 Å². The van der Waals surface area contributed by atoms with Crippen LogP contribution in [-0.4, -0.2) is 44.1 Å². The molecule has 1 aliphatic heterocycles. The van der Waals surface area contributed by atoms with E-state index in [0.717, 1.165) is 4.88 Å². The first-order chi connectivity index (χ1) is 12.0. The van der Waals surface area contributed by atoms with E-state index in [0.29, 0.717) is 35.3 Å². The number of aryl methyl sites for hydroxylation is 2. The molecule has 25 heavy (non-hydrogen) atoms. The Kier molecular flexibility index (Phi) is 3.69. The minimum absolute atomic E-state index is 0.0977. The summed E-state index contributed by atoms with van der Waals surface area (Å²) in [5.41, 5.74) is -0.938. The van der Waals surface area contributed by atoms with E-state index in [1.807, 2.05) is 6.92 Å². The highest BCUT2D eigenvalue weighted by Gasteiger charge is 2.44. The fourth-order valence-electron chi connectivity index (χ4n) is 2.88. The summed E-state index contributed by atoms with van der Waals surface area (Å²) in [5.74, 6) is 1.00. The fraction of sp³-hybridized carbons (Fsp3) is 0.375. The molecule has 1 saturated heterocycles. The maximum absolute atomic E-state index is 12.8. The van der Waals surface area contributed by atoms with Crippen molar-refractivity contribution in [1.29, 1.82) is 0 Å². The zero-order valence-corrected chi connectivity index (χ0v) is 14.5. The monoisotopic (exact) mass is 360 g/mol. The topological polar surface area (TPSA) is 105 Å². The van der Waals surface area contributed by atoms with Crippen LogP contribution in [-0.2, 0) is 5.60 Å². The molecule has 1 amide bonds. The number of hydrogen-bond donors (Lipinski definition) is 1. The van der Waals surface area contributed by atoms with Crippen LogP contribution < -0.4 is 0 Å². The average Bonchev–Trinajstić information content (AvgIpc) is 3.32. The molecule has 4 rings (SSSR count). The van der Waals surface area contributed by atoms with E-state index in [9.17, 15) is 9.90 Å². The van der Waals surface area contributed by atoms with Gasteiger partial charge in [-0.25, -0.2) is 4.98 Å². The first-order valence-electron chi connectivity index (χ1n) is 7.80. The van der Waals surface area contributed by atoms with Gasteiger partial charge in [-0.05, 0) is 26.0 Å². The van der Waals surface area contributed by atoms with Crippen LogP contribution in [0.1, 0.15) is 33.5 Å². The van der Waals surface area contributed by atoms with Gasteiger partial charge in [0, 0.05) is 17.8 Å². The van der Waals surface area contributed by atoms with Gasteiger partial charge in [-0.2, -0.15) is 4.98 Å². The van der Waals surface area contributed by atoms with Crippen LogP contribution in [0.25, 0.3) is 10.8 Å². The van der Waals surface area contributed by atoms with Crippen molar-refractivity contribution in [3.05, 3.63) is 40.7 Å². The average molecular weight is 360 g/mol. The molecular weight excluding hydrogens is 344 g/mol. The second-order valence-electron chi connectivity index (χ2n) is 6.06. The molecular formula is C16H16N4O4S. The SMILES string of the molecule is Cc1noc([C@]2(O)CCN(C(=O)c3nc(-c4ccco4)sc3C)C2)n1. The van der Waals surface area contributed by atoms with E-state index >= 15 is 0 Å². The molecule has 3 aromatic rings. The Labute approximate surface area is 147 Å². The molecule has 8 nitrogen and oxygen atoms in total. The molecule has 0 radical (unpaired) electrons. The van der Waals surface area contributed by atoms with Crippen LogP contribution in [0.4, 0.5) is 0 Å². The number of hydrogen-bond acceptors (Lipinski definition) is 8. The molecule has 0 bridgehead atoms. The number of β-amino-alcohol motifs (C(OH)–C–C–N with tert-alkyl or cyclic N) is 1. The van der Waals surface area contributed by atoms with E-state index in [4.69, 9.17) is 8.94 Å². The van der Waals surface area contributed by atoms with Gasteiger partial charge >= 0.3 is 0 Å². The second-order valence-corrected chi connectivity index (χ2v) is 7.26. The Morgan fingerprint density at radius 1 is 1.40 bits per heavy atom. The van der Waals surface area contributed by atoms with Gasteiger partial charge in [0.2, 0.25) is 0 Å². The lowest BCUT2D eigenvalue weighted by molar-refractivity contribution is 0.0135. The Hall–Kier alpha value is -2.52. The summed E-state index contributed by atoms with van der Waals surface area (Å²) in [6.07, 6.45) is 1.91. The predicted octanol–water partition coefficient (Wildman–Crippen LogP) is 2.14. The normalized spacial score (nSPS) is 20.4. The molecule has 9 heteroatoms. The Morgan fingerprint density at radius 2 is 2.24 bits per heavy atom. The van der Waals surface area contributed by atoms with E-state index in [-0.39, 0.29) is 18.3 Å². The number of thiazole rings is 1. The summed E-state index contributed by atoms with van der Waals surface area (Å²) >= 11 is 1.40. The maximum atomic E-state index is 12.8. The van der Waals surface area contributed by atoms with Crippen molar-refractivity contribution in [3.8, 4) is 10.8 Å². The van der Waals surface area contributed by atoms with Gasteiger partial charge in [0.1, 0.15) is 5.69 Å². The number of furan rings is 1. The van der Waals surface area contributed by atoms with Crippen molar-refractivity contribution in [3.63, 3.8) is 0 Å². The maximum Gasteiger partial charge on any atom is 0.273 e. The molecule has 1 aliphatic rings. The van der Waals surface area contributed by atoms with Crippen LogP contribution in [0.5, 0.6) is 0 Å². The lowest BCUT2D eigenvalue weighted by atomic mass is 10.0. The molecule has 0 aliphatic carbocycles. The molecule has 1 N–H and O–H groups in total. The lowest BCUT2D eigenvalue weighted by Crippen LogP contribution is -2.35. The standard InChI is InChI=1S/C16H16N4O4S/c1-9-12(18-13(25-9)11-4-3-7-23-11)14(21)20-6-5-16(22,8-20)15-17-10(2)19-24-15/h3-4,7,22H,5-6,8H2,1-2H3/t16-/m0/s1. The minimum atomic E-state index is -1.31. The molecule has 0 aromatic carbocycles. The molecule has 0 unspecified atom stereocenters. The van der Waals surface area contributed by atoms with E-state index < -0.39 is 5.60 Å². The van der Waals surface area contributed by atoms with Crippen LogP contribution in [0.2, 0.25) is 0 Å². The molecule has 1 atom stereocenters. The van der Waals surface area contributed by atoms with E-state index in [2.05, 4.69) is 15.1 Å². The molecule has 3 aromatic heterocycles. The van der Waals surface area contributed by atoms with Crippen molar-refractivity contribution in [2.45, 2.75) is 25.9 Å². The molecule has 0 saturated carbocycles. The summed E-state index contributed by atoms with van der Waals surface area (Å²) in [6, 6.07) is 3.58. The Morgan fingerprint density at radius 3 is 2.92 bits per heavy atom. The fourth-order valence-corrected chi connectivity index (χ4v) is 3.75. The number of carbonyl (C=O) groups is 1. The first-order valence-corrected chi connectivity index (χ1v) is 8.62. The minimum Gasteiger partial charge on any atom is -0.462 e. The van der Waals surface area contributed by atoms with Gasteiger partial charge in [0.25, 0.3) is 11.8 Å². The summed E-state index contributed by atoms with van der Waals surface area (Å²) in [7, 11) is 0. The number of aliphatic hydroxyl groups is 1. The van der Waals surface area contributed by atoms with Crippen molar-refractivity contribution >= 4 is 17.2 Å². The third-order valence-corrected chi connectivity index (χ3v) is 5.18. The van der Waals surface area contributed by atoms with Gasteiger partial charge in [-0.1, -0.05) is 5.16 Å². The highest BCUT2D eigenvalue weighted by Crippen LogP contribution is 2.33. The molecule has 0 spiro atoms. The number of amides is 1. The zero-order valence-electron chi connectivity index (χ0n) is 13.7. The quantitative estimate of drug-likeness (QED) is 0.763. The van der Waals surface area contributed by atoms with Gasteiger partial charge in [0.05, 0.1) is 12.8 Å². The van der Waals surface area contributed by atoms with Gasteiger partial charge < -0.3 is 18.9 Å². The predicted molar refractivity (Wildman–Crippen MR) is 88.0 cm³/mol. The number of carbonyl (C=O) groups excluding carboxylic acids is 1. The highest BCUT2D eigenvalue weighted by molar-refractivity contribution is 7.15. The van der Waals surface area contributed by atoms with E-state index in [1.165, 1.54) is 11.3 Å². The zero-order chi connectivity index (χ0) is 17.6. The van der Waals surface area contributed by atoms with Crippen LogP contribution in [0.15, 0.2) is 27.3 Å². The highest BCUT2D eigenvalue weighted by atomic mass is 32.1. The van der Waals surface area contributed by atoms with Crippen molar-refractivity contribution in [2.24, 2.45) is 0 Å². The second kappa shape index (κ2) is 5.78. The number of aromatic nitrogens is 3. The number of nitrogens with zero attached hydrogens (tertiary/aromatic N) is 4. The summed E-state index contributed by atoms with van der Waals surface area (Å²) < 4.78 is 10.4. The summed E-state index contributed by atoms with van der Waals surface area (Å²) in [5, 5.41) is 15.1. The van der Waals surface area contributed by atoms with Crippen molar-refractivity contribution in [2.75, 3.05) is 13.1 Å². The summed E-state index contributed by atoms with van der Waals surface area (Å²) in [4.78, 5) is 23.7. The van der Waals surface area contributed by atoms with Crippen LogP contribution in [0, 0.1) is 13.8 Å². The number of rotatable bonds is 3. The Bertz CT molecular complexity index is 917. The van der Waals surface area contributed by atoms with Gasteiger partial charge in [0.15, 0.2) is 22.2 Å². The molecule has 130 valence electrons. The van der Waals surface area contributed by atoms with Gasteiger partial charge in [-0.3, -0.25) is 4.79 Å². The summed E-state index contributed by atoms with van der Waals surface area (Å²) in [6.45, 7) is 4.02. The van der Waals surface area contributed by atoms with Crippen LogP contribution in [0.3, 0.4) is 0 Å². The molecule has 4 heterocycles. The Balaban J connectivity index is 1.56. The lowest BCUT2D eigenvalue weighted by Gasteiger charge is -2.19. The third-order valence-electron chi connectivity index (χ3n) is 4.19. The first kappa shape index (κ1) is 16.0. The van der Waals surface area contributed by atoms with E-state index in [1.54, 1.807) is 30.2 Å². The molecule has 1 fully saturated rings.